The lowest BCUT2D eigenvalue weighted by Gasteiger charge is -2.14. The average molecular weight is 372 g/mol. The number of nitrogens with one attached hydrogen (secondary N) is 2. The van der Waals surface area contributed by atoms with Crippen LogP contribution in [-0.4, -0.2) is 29.9 Å². The molecule has 0 bridgehead atoms. The van der Waals surface area contributed by atoms with Crippen molar-refractivity contribution >= 4 is 35.0 Å². The quantitative estimate of drug-likeness (QED) is 0.771. The fraction of sp³-hybridized carbons (Fsp3) is 0.300. The number of methoxy groups -OCH3 is 1. The Morgan fingerprint density at radius 3 is 2.50 bits per heavy atom. The maximum absolute atomic E-state index is 12.3. The van der Waals surface area contributed by atoms with Gasteiger partial charge in [-0.2, -0.15) is 0 Å². The Hall–Kier alpha value is -2.47. The molecule has 0 heterocycles. The molecule has 2 rings (SSSR count). The topological polar surface area (TPSA) is 67.4 Å². The number of thioether (sulfide) groups is 1. The summed E-state index contributed by atoms with van der Waals surface area (Å²) in [5.74, 6) is 0.490. The summed E-state index contributed by atoms with van der Waals surface area (Å²) in [6.45, 7) is 5.76. The maximum atomic E-state index is 12.3. The molecule has 0 fully saturated rings. The van der Waals surface area contributed by atoms with Gasteiger partial charge >= 0.3 is 0 Å². The molecule has 2 aromatic carbocycles. The minimum absolute atomic E-state index is 0.118. The maximum Gasteiger partial charge on any atom is 0.237 e. The number of hydrogen-bond acceptors (Lipinski definition) is 4. The number of ether oxygens (including phenoxy) is 1. The van der Waals surface area contributed by atoms with Crippen LogP contribution in [0.3, 0.4) is 0 Å². The van der Waals surface area contributed by atoms with Gasteiger partial charge in [0.2, 0.25) is 11.8 Å². The van der Waals surface area contributed by atoms with Crippen molar-refractivity contribution < 1.29 is 14.3 Å². The van der Waals surface area contributed by atoms with Gasteiger partial charge in [0.1, 0.15) is 5.75 Å². The number of carbonyl (C=O) groups excluding carboxylic acids is 2. The normalized spacial score (nSPS) is 11.5. The van der Waals surface area contributed by atoms with Crippen molar-refractivity contribution in [3.63, 3.8) is 0 Å². The second-order valence-electron chi connectivity index (χ2n) is 6.01. The second kappa shape index (κ2) is 9.29. The monoisotopic (exact) mass is 372 g/mol. The zero-order valence-electron chi connectivity index (χ0n) is 15.5. The summed E-state index contributed by atoms with van der Waals surface area (Å²) in [5.41, 5.74) is 3.58. The molecule has 0 radical (unpaired) electrons. The van der Waals surface area contributed by atoms with E-state index in [9.17, 15) is 9.59 Å². The van der Waals surface area contributed by atoms with Gasteiger partial charge in [0, 0.05) is 5.69 Å². The number of carbonyl (C=O) groups is 2. The van der Waals surface area contributed by atoms with Crippen molar-refractivity contribution in [3.8, 4) is 5.75 Å². The van der Waals surface area contributed by atoms with E-state index in [0.29, 0.717) is 11.4 Å². The van der Waals surface area contributed by atoms with Gasteiger partial charge in [-0.05, 0) is 44.5 Å². The first-order chi connectivity index (χ1) is 12.4. The van der Waals surface area contributed by atoms with E-state index in [4.69, 9.17) is 4.74 Å². The van der Waals surface area contributed by atoms with Gasteiger partial charge in [0.05, 0.1) is 23.8 Å². The first-order valence-electron chi connectivity index (χ1n) is 8.33. The van der Waals surface area contributed by atoms with Gasteiger partial charge in [0.25, 0.3) is 0 Å². The molecule has 0 saturated carbocycles. The average Bonchev–Trinajstić information content (AvgIpc) is 2.62. The van der Waals surface area contributed by atoms with E-state index < -0.39 is 0 Å². The van der Waals surface area contributed by atoms with E-state index in [1.165, 1.54) is 11.8 Å². The molecule has 0 saturated heterocycles. The van der Waals surface area contributed by atoms with Crippen LogP contribution in [-0.2, 0) is 9.59 Å². The Labute approximate surface area is 158 Å². The second-order valence-corrected chi connectivity index (χ2v) is 7.34. The molecular formula is C20H24N2O3S. The fourth-order valence-corrected chi connectivity index (χ4v) is 3.08. The predicted octanol–water partition coefficient (Wildman–Crippen LogP) is 4.01. The molecule has 6 heteroatoms. The standard InChI is InChI=1S/C20H24N2O3S/c1-13-9-10-16(14(2)11-13)22-20(24)15(3)26-12-19(23)21-17-7-5-6-8-18(17)25-4/h5-11,15H,12H2,1-4H3,(H,21,23)(H,22,24)/t15-/m1/s1. The molecule has 0 spiro atoms. The largest absolute Gasteiger partial charge is 0.495 e. The molecule has 5 nitrogen and oxygen atoms in total. The lowest BCUT2D eigenvalue weighted by molar-refractivity contribution is -0.115. The molecule has 0 aliphatic rings. The van der Waals surface area contributed by atoms with Gasteiger partial charge in [-0.1, -0.05) is 29.8 Å². The summed E-state index contributed by atoms with van der Waals surface area (Å²) in [6.07, 6.45) is 0. The highest BCUT2D eigenvalue weighted by Crippen LogP contribution is 2.24. The molecule has 0 aliphatic carbocycles. The van der Waals surface area contributed by atoms with Crippen LogP contribution in [0.15, 0.2) is 42.5 Å². The summed E-state index contributed by atoms with van der Waals surface area (Å²) in [4.78, 5) is 24.5. The third kappa shape index (κ3) is 5.52. The molecule has 0 unspecified atom stereocenters. The number of anilines is 2. The van der Waals surface area contributed by atoms with Crippen LogP contribution in [0.2, 0.25) is 0 Å². The fourth-order valence-electron chi connectivity index (χ4n) is 2.40. The smallest absolute Gasteiger partial charge is 0.237 e. The number of amides is 2. The molecule has 1 atom stereocenters. The molecule has 0 aromatic heterocycles. The van der Waals surface area contributed by atoms with E-state index in [0.717, 1.165) is 16.8 Å². The van der Waals surface area contributed by atoms with Gasteiger partial charge in [-0.25, -0.2) is 0 Å². The van der Waals surface area contributed by atoms with E-state index >= 15 is 0 Å². The van der Waals surface area contributed by atoms with Crippen LogP contribution in [0, 0.1) is 13.8 Å². The van der Waals surface area contributed by atoms with E-state index in [1.807, 2.05) is 44.2 Å². The summed E-state index contributed by atoms with van der Waals surface area (Å²) < 4.78 is 5.21. The third-order valence-electron chi connectivity index (χ3n) is 3.85. The summed E-state index contributed by atoms with van der Waals surface area (Å²) in [5, 5.41) is 5.37. The first kappa shape index (κ1) is 19.8. The summed E-state index contributed by atoms with van der Waals surface area (Å²) in [6, 6.07) is 13.1. The molecule has 26 heavy (non-hydrogen) atoms. The molecule has 2 N–H and O–H groups in total. The zero-order chi connectivity index (χ0) is 19.1. The number of para-hydroxylation sites is 2. The SMILES string of the molecule is COc1ccccc1NC(=O)CS[C@H](C)C(=O)Nc1ccc(C)cc1C. The molecule has 2 amide bonds. The van der Waals surface area contributed by atoms with Crippen LogP contribution < -0.4 is 15.4 Å². The minimum Gasteiger partial charge on any atom is -0.495 e. The van der Waals surface area contributed by atoms with Crippen molar-refractivity contribution in [2.75, 3.05) is 23.5 Å². The van der Waals surface area contributed by atoms with Crippen molar-refractivity contribution in [3.05, 3.63) is 53.6 Å². The lowest BCUT2D eigenvalue weighted by atomic mass is 10.1. The Morgan fingerprint density at radius 2 is 1.81 bits per heavy atom. The Bertz CT molecular complexity index is 792. The van der Waals surface area contributed by atoms with Crippen LogP contribution in [0.4, 0.5) is 11.4 Å². The minimum atomic E-state index is -0.348. The number of rotatable bonds is 7. The van der Waals surface area contributed by atoms with Crippen molar-refractivity contribution in [2.24, 2.45) is 0 Å². The lowest BCUT2D eigenvalue weighted by Crippen LogP contribution is -2.25. The number of benzene rings is 2. The van der Waals surface area contributed by atoms with Crippen molar-refractivity contribution in [1.29, 1.82) is 0 Å². The molecular weight excluding hydrogens is 348 g/mol. The van der Waals surface area contributed by atoms with Crippen molar-refractivity contribution in [1.82, 2.24) is 0 Å². The number of aryl methyl sites for hydroxylation is 2. The summed E-state index contributed by atoms with van der Waals surface area (Å²) in [7, 11) is 1.55. The molecule has 2 aromatic rings. The summed E-state index contributed by atoms with van der Waals surface area (Å²) >= 11 is 1.29. The Kier molecular flexibility index (Phi) is 7.09. The van der Waals surface area contributed by atoms with Crippen LogP contribution in [0.1, 0.15) is 18.1 Å². The van der Waals surface area contributed by atoms with Gasteiger partial charge in [-0.15, -0.1) is 11.8 Å². The van der Waals surface area contributed by atoms with E-state index in [2.05, 4.69) is 10.6 Å². The van der Waals surface area contributed by atoms with Crippen molar-refractivity contribution in [2.45, 2.75) is 26.0 Å². The predicted molar refractivity (Wildman–Crippen MR) is 108 cm³/mol. The first-order valence-corrected chi connectivity index (χ1v) is 9.38. The van der Waals surface area contributed by atoms with Crippen LogP contribution >= 0.6 is 11.8 Å². The zero-order valence-corrected chi connectivity index (χ0v) is 16.3. The van der Waals surface area contributed by atoms with Crippen LogP contribution in [0.25, 0.3) is 0 Å². The Morgan fingerprint density at radius 1 is 1.08 bits per heavy atom. The highest BCUT2D eigenvalue weighted by Gasteiger charge is 2.16. The van der Waals surface area contributed by atoms with E-state index in [1.54, 1.807) is 26.2 Å². The molecule has 138 valence electrons. The highest BCUT2D eigenvalue weighted by atomic mass is 32.2. The third-order valence-corrected chi connectivity index (χ3v) is 5.00. The molecule has 0 aliphatic heterocycles. The Balaban J connectivity index is 1.86. The van der Waals surface area contributed by atoms with E-state index in [-0.39, 0.29) is 22.8 Å². The van der Waals surface area contributed by atoms with Crippen LogP contribution in [0.5, 0.6) is 5.75 Å². The number of hydrogen-bond donors (Lipinski definition) is 2. The van der Waals surface area contributed by atoms with Gasteiger partial charge in [-0.3, -0.25) is 9.59 Å². The van der Waals surface area contributed by atoms with Gasteiger partial charge < -0.3 is 15.4 Å². The van der Waals surface area contributed by atoms with Gasteiger partial charge in [0.15, 0.2) is 0 Å². The highest BCUT2D eigenvalue weighted by molar-refractivity contribution is 8.01.